The highest BCUT2D eigenvalue weighted by molar-refractivity contribution is 7.89. The van der Waals surface area contributed by atoms with Gasteiger partial charge in [0, 0.05) is 11.4 Å². The van der Waals surface area contributed by atoms with Gasteiger partial charge in [-0.05, 0) is 48.6 Å². The molecule has 0 saturated carbocycles. The van der Waals surface area contributed by atoms with Gasteiger partial charge in [0.05, 0.1) is 22.3 Å². The van der Waals surface area contributed by atoms with Crippen molar-refractivity contribution in [3.63, 3.8) is 0 Å². The Morgan fingerprint density at radius 3 is 2.81 bits per heavy atom. The van der Waals surface area contributed by atoms with Gasteiger partial charge in [0.25, 0.3) is 0 Å². The third-order valence-electron chi connectivity index (χ3n) is 3.92. The summed E-state index contributed by atoms with van der Waals surface area (Å²) in [7, 11) is -3.73. The molecule has 0 spiro atoms. The average molecular weight is 323 g/mol. The molecule has 0 saturated heterocycles. The zero-order chi connectivity index (χ0) is 15.2. The number of fused-ring (bicyclic) bond motifs is 1. The van der Waals surface area contributed by atoms with E-state index in [9.17, 15) is 8.42 Å². The van der Waals surface area contributed by atoms with Crippen molar-refractivity contribution in [1.82, 2.24) is 0 Å². The molecule has 4 N–H and O–H groups in total. The topological polar surface area (TPSA) is 89.4 Å². The highest BCUT2D eigenvalue weighted by Gasteiger charge is 2.26. The van der Waals surface area contributed by atoms with Crippen molar-refractivity contribution in [3.8, 4) is 0 Å². The number of nitrogen functional groups attached to an aromatic ring is 1. The smallest absolute Gasteiger partial charge is 0.238 e. The number of benzene rings is 1. The number of rotatable bonds is 2. The van der Waals surface area contributed by atoms with E-state index in [4.69, 9.17) is 10.9 Å². The number of hydrogen-bond donors (Lipinski definition) is 2. The second kappa shape index (κ2) is 5.01. The standard InChI is InChI=1S/C14H17N3O2S2/c1-9-11-5-7-20-14(11)4-6-17(9)13-8-10(21(16,18)19)2-3-12(13)15/h2-3,5,7-9H,4,6,15H2,1H3,(H2,16,18,19). The molecule has 1 atom stereocenters. The minimum Gasteiger partial charge on any atom is -0.397 e. The van der Waals surface area contributed by atoms with Crippen LogP contribution in [0.3, 0.4) is 0 Å². The minimum atomic E-state index is -3.73. The van der Waals surface area contributed by atoms with Crippen molar-refractivity contribution in [3.05, 3.63) is 40.1 Å². The van der Waals surface area contributed by atoms with Crippen molar-refractivity contribution in [2.24, 2.45) is 5.14 Å². The van der Waals surface area contributed by atoms with Gasteiger partial charge >= 0.3 is 0 Å². The monoisotopic (exact) mass is 323 g/mol. The zero-order valence-electron chi connectivity index (χ0n) is 11.6. The first kappa shape index (κ1) is 14.4. The van der Waals surface area contributed by atoms with Crippen LogP contribution < -0.4 is 15.8 Å². The Labute approximate surface area is 128 Å². The summed E-state index contributed by atoms with van der Waals surface area (Å²) in [5.41, 5.74) is 8.62. The minimum absolute atomic E-state index is 0.0926. The van der Waals surface area contributed by atoms with Crippen molar-refractivity contribution in [2.75, 3.05) is 17.2 Å². The second-order valence-corrected chi connectivity index (χ2v) is 7.75. The maximum atomic E-state index is 11.5. The van der Waals surface area contributed by atoms with E-state index in [0.29, 0.717) is 5.69 Å². The Kier molecular flexibility index (Phi) is 3.43. The van der Waals surface area contributed by atoms with Crippen LogP contribution in [-0.4, -0.2) is 15.0 Å². The lowest BCUT2D eigenvalue weighted by atomic mass is 10.0. The predicted molar refractivity (Wildman–Crippen MR) is 86.0 cm³/mol. The first-order valence-electron chi connectivity index (χ1n) is 6.63. The maximum Gasteiger partial charge on any atom is 0.238 e. The summed E-state index contributed by atoms with van der Waals surface area (Å²) in [6.45, 7) is 2.92. The Morgan fingerprint density at radius 1 is 1.33 bits per heavy atom. The summed E-state index contributed by atoms with van der Waals surface area (Å²) in [5.74, 6) is 0. The number of hydrogen-bond acceptors (Lipinski definition) is 5. The summed E-state index contributed by atoms with van der Waals surface area (Å²) < 4.78 is 23.1. The average Bonchev–Trinajstić information content (AvgIpc) is 2.88. The van der Waals surface area contributed by atoms with Gasteiger partial charge in [0.1, 0.15) is 0 Å². The molecular formula is C14H17N3O2S2. The molecule has 21 heavy (non-hydrogen) atoms. The number of anilines is 2. The molecule has 1 aromatic carbocycles. The zero-order valence-corrected chi connectivity index (χ0v) is 13.2. The molecule has 7 heteroatoms. The summed E-state index contributed by atoms with van der Waals surface area (Å²) in [6.07, 6.45) is 0.941. The molecular weight excluding hydrogens is 306 g/mol. The number of sulfonamides is 1. The van der Waals surface area contributed by atoms with E-state index in [-0.39, 0.29) is 10.9 Å². The Morgan fingerprint density at radius 2 is 2.10 bits per heavy atom. The molecule has 0 radical (unpaired) electrons. The Balaban J connectivity index is 2.05. The van der Waals surface area contributed by atoms with Gasteiger partial charge in [-0.15, -0.1) is 11.3 Å². The van der Waals surface area contributed by atoms with E-state index in [1.807, 2.05) is 0 Å². The molecule has 3 rings (SSSR count). The van der Waals surface area contributed by atoms with Crippen LogP contribution in [0, 0.1) is 0 Å². The number of primary sulfonamides is 1. The summed E-state index contributed by atoms with van der Waals surface area (Å²) in [5, 5.41) is 7.31. The van der Waals surface area contributed by atoms with Crippen LogP contribution >= 0.6 is 11.3 Å². The molecule has 112 valence electrons. The van der Waals surface area contributed by atoms with Gasteiger partial charge in [-0.1, -0.05) is 0 Å². The number of thiophene rings is 1. The lowest BCUT2D eigenvalue weighted by Gasteiger charge is -2.36. The van der Waals surface area contributed by atoms with Gasteiger partial charge < -0.3 is 10.6 Å². The van der Waals surface area contributed by atoms with Crippen molar-refractivity contribution >= 4 is 32.7 Å². The first-order valence-corrected chi connectivity index (χ1v) is 9.06. The predicted octanol–water partition coefficient (Wildman–Crippen LogP) is 2.10. The first-order chi connectivity index (χ1) is 9.88. The quantitative estimate of drug-likeness (QED) is 0.828. The molecule has 1 aliphatic rings. The van der Waals surface area contributed by atoms with Gasteiger partial charge in [-0.2, -0.15) is 0 Å². The van der Waals surface area contributed by atoms with E-state index in [2.05, 4.69) is 23.3 Å². The molecule has 0 fully saturated rings. The molecule has 1 aromatic heterocycles. The van der Waals surface area contributed by atoms with Gasteiger partial charge in [-0.25, -0.2) is 13.6 Å². The van der Waals surface area contributed by atoms with Gasteiger partial charge in [0.2, 0.25) is 10.0 Å². The highest BCUT2D eigenvalue weighted by Crippen LogP contribution is 2.38. The number of nitrogens with zero attached hydrogens (tertiary/aromatic N) is 1. The van der Waals surface area contributed by atoms with Crippen molar-refractivity contribution in [2.45, 2.75) is 24.3 Å². The second-order valence-electron chi connectivity index (χ2n) is 5.18. The van der Waals surface area contributed by atoms with Crippen LogP contribution in [0.25, 0.3) is 0 Å². The largest absolute Gasteiger partial charge is 0.397 e. The molecule has 1 aliphatic heterocycles. The summed E-state index contributed by atoms with van der Waals surface area (Å²) >= 11 is 1.76. The van der Waals surface area contributed by atoms with E-state index < -0.39 is 10.0 Å². The molecule has 2 heterocycles. The molecule has 0 aliphatic carbocycles. The molecule has 1 unspecified atom stereocenters. The lowest BCUT2D eigenvalue weighted by molar-refractivity contribution is 0.597. The Hall–Kier alpha value is -1.57. The van der Waals surface area contributed by atoms with Gasteiger partial charge in [-0.3, -0.25) is 0 Å². The molecule has 0 amide bonds. The van der Waals surface area contributed by atoms with Crippen LogP contribution in [0.5, 0.6) is 0 Å². The van der Waals surface area contributed by atoms with Crippen LogP contribution in [0.2, 0.25) is 0 Å². The highest BCUT2D eigenvalue weighted by atomic mass is 32.2. The van der Waals surface area contributed by atoms with Crippen LogP contribution in [0.1, 0.15) is 23.4 Å². The van der Waals surface area contributed by atoms with E-state index in [1.54, 1.807) is 23.5 Å². The normalized spacial score (nSPS) is 18.6. The van der Waals surface area contributed by atoms with Crippen molar-refractivity contribution in [1.29, 1.82) is 0 Å². The molecule has 0 bridgehead atoms. The van der Waals surface area contributed by atoms with E-state index >= 15 is 0 Å². The van der Waals surface area contributed by atoms with E-state index in [1.165, 1.54) is 16.5 Å². The van der Waals surface area contributed by atoms with Crippen LogP contribution in [0.15, 0.2) is 34.5 Å². The Bertz CT molecular complexity index is 783. The summed E-state index contributed by atoms with van der Waals surface area (Å²) in [4.78, 5) is 3.62. The van der Waals surface area contributed by atoms with Crippen LogP contribution in [-0.2, 0) is 16.4 Å². The molecule has 5 nitrogen and oxygen atoms in total. The fourth-order valence-electron chi connectivity index (χ4n) is 2.79. The van der Waals surface area contributed by atoms with E-state index in [0.717, 1.165) is 18.7 Å². The maximum absolute atomic E-state index is 11.5. The third-order valence-corrected chi connectivity index (χ3v) is 5.82. The SMILES string of the molecule is CC1c2ccsc2CCN1c1cc(S(N)(=O)=O)ccc1N. The third kappa shape index (κ3) is 2.52. The van der Waals surface area contributed by atoms with Crippen molar-refractivity contribution < 1.29 is 8.42 Å². The van der Waals surface area contributed by atoms with Gasteiger partial charge in [0.15, 0.2) is 0 Å². The fraction of sp³-hybridized carbons (Fsp3) is 0.286. The number of nitrogens with two attached hydrogens (primary N) is 2. The van der Waals surface area contributed by atoms with Crippen LogP contribution in [0.4, 0.5) is 11.4 Å². The lowest BCUT2D eigenvalue weighted by Crippen LogP contribution is -2.33. The molecule has 2 aromatic rings. The summed E-state index contributed by atoms with van der Waals surface area (Å²) in [6, 6.07) is 6.90. The fourth-order valence-corrected chi connectivity index (χ4v) is 4.28.